The molecule has 3 unspecified atom stereocenters. The van der Waals surface area contributed by atoms with Crippen LogP contribution in [-0.4, -0.2) is 24.5 Å². The van der Waals surface area contributed by atoms with Crippen LogP contribution in [0.15, 0.2) is 12.2 Å². The second-order valence-corrected chi connectivity index (χ2v) is 6.24. The first-order valence-electron chi connectivity index (χ1n) is 7.23. The number of Topliss-reactive ketones (excluding diaryl/α,β-unsaturated/α-hetero) is 1. The quantitative estimate of drug-likeness (QED) is 0.793. The van der Waals surface area contributed by atoms with Gasteiger partial charge in [-0.1, -0.05) is 12.2 Å². The van der Waals surface area contributed by atoms with Crippen LogP contribution in [0.1, 0.15) is 39.0 Å². The number of carbonyl (C=O) groups excluding carboxylic acids is 2. The molecule has 1 N–H and O–H groups in total. The molecule has 0 aliphatic heterocycles. The van der Waals surface area contributed by atoms with E-state index in [4.69, 9.17) is 4.74 Å². The van der Waals surface area contributed by atoms with Crippen LogP contribution < -0.4 is 5.32 Å². The number of carbonyl (C=O) groups is 2. The Morgan fingerprint density at radius 1 is 1.26 bits per heavy atom. The van der Waals surface area contributed by atoms with Gasteiger partial charge in [-0.2, -0.15) is 0 Å². The van der Waals surface area contributed by atoms with Gasteiger partial charge in [-0.3, -0.25) is 4.79 Å². The van der Waals surface area contributed by atoms with Crippen LogP contribution in [-0.2, 0) is 9.53 Å². The first kappa shape index (κ1) is 12.7. The zero-order chi connectivity index (χ0) is 13.5. The minimum absolute atomic E-state index is 0.158. The SMILES string of the molecule is CC(=O)C1(COC(=O)NC2CC2)CC2C=CC1CC2. The highest BCUT2D eigenvalue weighted by atomic mass is 16.5. The molecule has 4 heteroatoms. The van der Waals surface area contributed by atoms with E-state index in [-0.39, 0.29) is 24.4 Å². The van der Waals surface area contributed by atoms with E-state index in [1.807, 2.05) is 0 Å². The molecule has 0 aromatic rings. The van der Waals surface area contributed by atoms with Crippen molar-refractivity contribution in [2.75, 3.05) is 6.61 Å². The molecule has 2 fully saturated rings. The minimum Gasteiger partial charge on any atom is -0.448 e. The highest BCUT2D eigenvalue weighted by Gasteiger charge is 2.49. The summed E-state index contributed by atoms with van der Waals surface area (Å²) in [7, 11) is 0. The molecule has 3 atom stereocenters. The summed E-state index contributed by atoms with van der Waals surface area (Å²) in [4.78, 5) is 23.8. The molecule has 0 heterocycles. The molecule has 4 aliphatic carbocycles. The Bertz CT molecular complexity index is 427. The zero-order valence-electron chi connectivity index (χ0n) is 11.4. The number of hydrogen-bond donors (Lipinski definition) is 1. The smallest absolute Gasteiger partial charge is 0.407 e. The van der Waals surface area contributed by atoms with Gasteiger partial charge in [-0.15, -0.1) is 0 Å². The first-order valence-corrected chi connectivity index (χ1v) is 7.23. The van der Waals surface area contributed by atoms with Crippen LogP contribution in [0, 0.1) is 17.3 Å². The topological polar surface area (TPSA) is 55.4 Å². The molecule has 0 saturated heterocycles. The van der Waals surface area contributed by atoms with Gasteiger partial charge in [-0.25, -0.2) is 4.79 Å². The summed E-state index contributed by atoms with van der Waals surface area (Å²) in [5.41, 5.74) is -0.474. The maximum atomic E-state index is 12.1. The molecule has 2 bridgehead atoms. The van der Waals surface area contributed by atoms with Crippen molar-refractivity contribution in [3.05, 3.63) is 12.2 Å². The van der Waals surface area contributed by atoms with Crippen LogP contribution in [0.5, 0.6) is 0 Å². The molecule has 19 heavy (non-hydrogen) atoms. The largest absolute Gasteiger partial charge is 0.448 e. The first-order chi connectivity index (χ1) is 9.10. The average molecular weight is 263 g/mol. The van der Waals surface area contributed by atoms with Crippen molar-refractivity contribution in [2.24, 2.45) is 17.3 Å². The van der Waals surface area contributed by atoms with Gasteiger partial charge in [0.05, 0.1) is 5.41 Å². The second kappa shape index (κ2) is 4.66. The average Bonchev–Trinajstić information content (AvgIpc) is 3.21. The van der Waals surface area contributed by atoms with Crippen LogP contribution >= 0.6 is 0 Å². The molecule has 4 nitrogen and oxygen atoms in total. The second-order valence-electron chi connectivity index (χ2n) is 6.24. The van der Waals surface area contributed by atoms with E-state index in [1.165, 1.54) is 0 Å². The van der Waals surface area contributed by atoms with Gasteiger partial charge in [0.15, 0.2) is 0 Å². The van der Waals surface area contributed by atoms with Crippen molar-refractivity contribution in [3.8, 4) is 0 Å². The normalized spacial score (nSPS) is 36.1. The van der Waals surface area contributed by atoms with Crippen LogP contribution in [0.25, 0.3) is 0 Å². The number of amides is 1. The Kier molecular flexibility index (Phi) is 3.11. The molecule has 0 radical (unpaired) electrons. The van der Waals surface area contributed by atoms with Crippen molar-refractivity contribution < 1.29 is 14.3 Å². The van der Waals surface area contributed by atoms with Gasteiger partial charge >= 0.3 is 6.09 Å². The lowest BCUT2D eigenvalue weighted by molar-refractivity contribution is -0.135. The summed E-state index contributed by atoms with van der Waals surface area (Å²) in [6.45, 7) is 1.86. The molecular weight excluding hydrogens is 242 g/mol. The Morgan fingerprint density at radius 3 is 2.53 bits per heavy atom. The van der Waals surface area contributed by atoms with E-state index in [2.05, 4.69) is 17.5 Å². The predicted molar refractivity (Wildman–Crippen MR) is 70.6 cm³/mol. The van der Waals surface area contributed by atoms with Gasteiger partial charge in [-0.05, 0) is 50.9 Å². The Morgan fingerprint density at radius 2 is 2.05 bits per heavy atom. The maximum absolute atomic E-state index is 12.1. The molecule has 0 spiro atoms. The number of hydrogen-bond acceptors (Lipinski definition) is 3. The number of rotatable bonds is 4. The zero-order valence-corrected chi connectivity index (χ0v) is 11.4. The molecule has 2 saturated carbocycles. The fraction of sp³-hybridized carbons (Fsp3) is 0.733. The van der Waals surface area contributed by atoms with Gasteiger partial charge < -0.3 is 10.1 Å². The van der Waals surface area contributed by atoms with E-state index in [0.717, 1.165) is 32.1 Å². The fourth-order valence-corrected chi connectivity index (χ4v) is 3.43. The summed E-state index contributed by atoms with van der Waals surface area (Å²) in [5, 5.41) is 2.80. The summed E-state index contributed by atoms with van der Waals surface area (Å²) in [6, 6.07) is 0.295. The van der Waals surface area contributed by atoms with Crippen molar-refractivity contribution in [1.82, 2.24) is 5.32 Å². The number of alkyl carbamates (subject to hydrolysis) is 1. The summed E-state index contributed by atoms with van der Waals surface area (Å²) < 4.78 is 5.34. The number of allylic oxidation sites excluding steroid dienone is 2. The molecule has 4 aliphatic rings. The Labute approximate surface area is 113 Å². The van der Waals surface area contributed by atoms with Gasteiger partial charge in [0.25, 0.3) is 0 Å². The van der Waals surface area contributed by atoms with E-state index in [1.54, 1.807) is 6.92 Å². The van der Waals surface area contributed by atoms with E-state index < -0.39 is 5.41 Å². The summed E-state index contributed by atoms with van der Waals surface area (Å²) in [6.07, 6.45) is 9.12. The third kappa shape index (κ3) is 2.40. The molecule has 0 aromatic heterocycles. The highest BCUT2D eigenvalue weighted by molar-refractivity contribution is 5.84. The molecule has 0 aromatic carbocycles. The molecule has 1 amide bonds. The van der Waals surface area contributed by atoms with Gasteiger partial charge in [0.2, 0.25) is 0 Å². The predicted octanol–water partition coefficient (Wildman–Crippen LogP) is 2.44. The molecule has 104 valence electrons. The third-order valence-electron chi connectivity index (χ3n) is 4.86. The molecular formula is C15H21NO3. The van der Waals surface area contributed by atoms with Gasteiger partial charge in [0, 0.05) is 6.04 Å². The van der Waals surface area contributed by atoms with Crippen molar-refractivity contribution in [2.45, 2.75) is 45.1 Å². The van der Waals surface area contributed by atoms with Crippen LogP contribution in [0.3, 0.4) is 0 Å². The van der Waals surface area contributed by atoms with Crippen LogP contribution in [0.2, 0.25) is 0 Å². The maximum Gasteiger partial charge on any atom is 0.407 e. The van der Waals surface area contributed by atoms with Gasteiger partial charge in [0.1, 0.15) is 12.4 Å². The Hall–Kier alpha value is -1.32. The minimum atomic E-state index is -0.474. The summed E-state index contributed by atoms with van der Waals surface area (Å²) >= 11 is 0. The van der Waals surface area contributed by atoms with E-state index in [0.29, 0.717) is 12.0 Å². The fourth-order valence-electron chi connectivity index (χ4n) is 3.43. The lowest BCUT2D eigenvalue weighted by Gasteiger charge is -2.46. The summed E-state index contributed by atoms with van der Waals surface area (Å²) in [5.74, 6) is 0.874. The van der Waals surface area contributed by atoms with E-state index >= 15 is 0 Å². The number of fused-ring (bicyclic) bond motifs is 2. The number of ether oxygens (including phenoxy) is 1. The standard InChI is InChI=1S/C15H21NO3/c1-10(17)15(8-11-2-4-12(15)5-3-11)9-19-14(18)16-13-6-7-13/h2,4,11-13H,3,5-9H2,1H3,(H,16,18). The number of nitrogens with one attached hydrogen (secondary N) is 1. The van der Waals surface area contributed by atoms with Crippen molar-refractivity contribution in [1.29, 1.82) is 0 Å². The Balaban J connectivity index is 1.66. The molecule has 4 rings (SSSR count). The third-order valence-corrected chi connectivity index (χ3v) is 4.86. The number of ketones is 1. The lowest BCUT2D eigenvalue weighted by atomic mass is 9.58. The van der Waals surface area contributed by atoms with Crippen LogP contribution in [0.4, 0.5) is 4.79 Å². The van der Waals surface area contributed by atoms with E-state index in [9.17, 15) is 9.59 Å². The van der Waals surface area contributed by atoms with Crippen molar-refractivity contribution in [3.63, 3.8) is 0 Å². The van der Waals surface area contributed by atoms with Crippen molar-refractivity contribution >= 4 is 11.9 Å². The lowest BCUT2D eigenvalue weighted by Crippen LogP contribution is -2.48. The highest BCUT2D eigenvalue weighted by Crippen LogP contribution is 2.49. The monoisotopic (exact) mass is 263 g/mol.